The maximum absolute atomic E-state index is 12.5. The van der Waals surface area contributed by atoms with Crippen LogP contribution in [-0.2, 0) is 16.1 Å². The molecule has 1 aromatic carbocycles. The first kappa shape index (κ1) is 17.2. The lowest BCUT2D eigenvalue weighted by Gasteiger charge is -2.23. The number of benzene rings is 1. The maximum Gasteiger partial charge on any atom is 0.242 e. The van der Waals surface area contributed by atoms with Crippen LogP contribution < -0.4 is 5.32 Å². The Morgan fingerprint density at radius 2 is 2.12 bits per heavy atom. The number of likely N-dealkylation sites (N-methyl/N-ethyl adjacent to an activating group) is 1. The van der Waals surface area contributed by atoms with Gasteiger partial charge in [0.2, 0.25) is 5.91 Å². The van der Waals surface area contributed by atoms with E-state index in [0.717, 1.165) is 48.2 Å². The number of aromatic nitrogens is 1. The first-order valence-corrected chi connectivity index (χ1v) is 9.19. The Kier molecular flexibility index (Phi) is 4.51. The maximum atomic E-state index is 12.5. The molecular formula is C21H25N3O2. The van der Waals surface area contributed by atoms with Crippen molar-refractivity contribution < 1.29 is 9.53 Å². The first-order valence-electron chi connectivity index (χ1n) is 9.19. The van der Waals surface area contributed by atoms with Gasteiger partial charge in [0.05, 0.1) is 18.3 Å². The number of ether oxygens (including phenoxy) is 1. The number of nitrogens with zero attached hydrogens (tertiary/aromatic N) is 2. The summed E-state index contributed by atoms with van der Waals surface area (Å²) >= 11 is 0. The standard InChI is InChI=1S/C21H25N3O2/c1-24-11-9-21(20(24)25)8-6-18(23-21)19-13-17(7-10-22-19)16-5-3-4-15(12-16)14-26-2/h3-5,7,10,12-13,18,23H,6,8-9,11,14H2,1-2H3. The smallest absolute Gasteiger partial charge is 0.242 e. The highest BCUT2D eigenvalue weighted by molar-refractivity contribution is 5.88. The molecule has 2 atom stereocenters. The second kappa shape index (κ2) is 6.82. The number of hydrogen-bond donors (Lipinski definition) is 1. The van der Waals surface area contributed by atoms with Crippen molar-refractivity contribution in [3.63, 3.8) is 0 Å². The minimum Gasteiger partial charge on any atom is -0.380 e. The van der Waals surface area contributed by atoms with Crippen molar-refractivity contribution in [2.24, 2.45) is 0 Å². The third-order valence-electron chi connectivity index (χ3n) is 5.65. The van der Waals surface area contributed by atoms with E-state index in [9.17, 15) is 4.79 Å². The molecule has 5 nitrogen and oxygen atoms in total. The predicted octanol–water partition coefficient (Wildman–Crippen LogP) is 2.92. The van der Waals surface area contributed by atoms with Crippen LogP contribution in [0.2, 0.25) is 0 Å². The van der Waals surface area contributed by atoms with Crippen molar-refractivity contribution in [2.75, 3.05) is 20.7 Å². The molecule has 1 amide bonds. The molecule has 26 heavy (non-hydrogen) atoms. The van der Waals surface area contributed by atoms with E-state index in [1.54, 1.807) is 7.11 Å². The first-order chi connectivity index (χ1) is 12.6. The summed E-state index contributed by atoms with van der Waals surface area (Å²) in [5, 5.41) is 3.60. The quantitative estimate of drug-likeness (QED) is 0.920. The zero-order chi connectivity index (χ0) is 18.1. The van der Waals surface area contributed by atoms with Crippen molar-refractivity contribution in [3.05, 3.63) is 53.9 Å². The van der Waals surface area contributed by atoms with Crippen molar-refractivity contribution in [1.29, 1.82) is 0 Å². The molecule has 0 radical (unpaired) electrons. The lowest BCUT2D eigenvalue weighted by molar-refractivity contribution is -0.131. The van der Waals surface area contributed by atoms with Crippen molar-refractivity contribution >= 4 is 5.91 Å². The molecule has 2 aromatic rings. The van der Waals surface area contributed by atoms with Gasteiger partial charge >= 0.3 is 0 Å². The number of likely N-dealkylation sites (tertiary alicyclic amines) is 1. The van der Waals surface area contributed by atoms with E-state index in [0.29, 0.717) is 6.61 Å². The third kappa shape index (κ3) is 3.02. The molecule has 4 rings (SSSR count). The lowest BCUT2D eigenvalue weighted by atomic mass is 9.96. The van der Waals surface area contributed by atoms with Gasteiger partial charge in [0.15, 0.2) is 0 Å². The zero-order valence-corrected chi connectivity index (χ0v) is 15.4. The molecule has 0 aliphatic carbocycles. The second-order valence-electron chi connectivity index (χ2n) is 7.40. The molecule has 2 saturated heterocycles. The summed E-state index contributed by atoms with van der Waals surface area (Å²) < 4.78 is 5.24. The van der Waals surface area contributed by atoms with Gasteiger partial charge in [0, 0.05) is 26.9 Å². The number of pyridine rings is 1. The monoisotopic (exact) mass is 351 g/mol. The number of hydrogen-bond acceptors (Lipinski definition) is 4. The summed E-state index contributed by atoms with van der Waals surface area (Å²) in [6, 6.07) is 12.7. The molecular weight excluding hydrogens is 326 g/mol. The summed E-state index contributed by atoms with van der Waals surface area (Å²) in [5.74, 6) is 0.225. The van der Waals surface area contributed by atoms with Crippen LogP contribution in [0, 0.1) is 0 Å². The minimum atomic E-state index is -0.379. The Balaban J connectivity index is 1.57. The Morgan fingerprint density at radius 1 is 1.27 bits per heavy atom. The van der Waals surface area contributed by atoms with Crippen LogP contribution in [-0.4, -0.2) is 42.0 Å². The number of methoxy groups -OCH3 is 1. The normalized spacial score (nSPS) is 25.4. The van der Waals surface area contributed by atoms with E-state index in [1.807, 2.05) is 24.2 Å². The molecule has 5 heteroatoms. The van der Waals surface area contributed by atoms with Crippen LogP contribution in [0.3, 0.4) is 0 Å². The van der Waals surface area contributed by atoms with Crippen LogP contribution >= 0.6 is 0 Å². The molecule has 1 N–H and O–H groups in total. The van der Waals surface area contributed by atoms with Gasteiger partial charge in [-0.15, -0.1) is 0 Å². The van der Waals surface area contributed by atoms with E-state index in [1.165, 1.54) is 0 Å². The summed E-state index contributed by atoms with van der Waals surface area (Å²) in [7, 11) is 3.60. The molecule has 1 spiro atoms. The SMILES string of the molecule is COCc1cccc(-c2ccnc(C3CCC4(CCN(C)C4=O)N3)c2)c1. The molecule has 2 fully saturated rings. The number of rotatable bonds is 4. The fraction of sp³-hybridized carbons (Fsp3) is 0.429. The van der Waals surface area contributed by atoms with Crippen LogP contribution in [0.4, 0.5) is 0 Å². The fourth-order valence-corrected chi connectivity index (χ4v) is 4.21. The average molecular weight is 351 g/mol. The van der Waals surface area contributed by atoms with Gasteiger partial charge in [0.1, 0.15) is 5.54 Å². The average Bonchev–Trinajstić information content (AvgIpc) is 3.22. The zero-order valence-electron chi connectivity index (χ0n) is 15.4. The van der Waals surface area contributed by atoms with E-state index < -0.39 is 0 Å². The largest absolute Gasteiger partial charge is 0.380 e. The van der Waals surface area contributed by atoms with Crippen LogP contribution in [0.15, 0.2) is 42.6 Å². The van der Waals surface area contributed by atoms with Crippen LogP contribution in [0.1, 0.15) is 36.6 Å². The Bertz CT molecular complexity index is 822. The Hall–Kier alpha value is -2.24. The highest BCUT2D eigenvalue weighted by atomic mass is 16.5. The summed E-state index contributed by atoms with van der Waals surface area (Å²) in [6.07, 6.45) is 4.58. The molecule has 0 saturated carbocycles. The third-order valence-corrected chi connectivity index (χ3v) is 5.65. The lowest BCUT2D eigenvalue weighted by Crippen LogP contribution is -2.47. The number of carbonyl (C=O) groups is 1. The summed E-state index contributed by atoms with van der Waals surface area (Å²) in [5.41, 5.74) is 4.09. The van der Waals surface area contributed by atoms with Gasteiger partial charge < -0.3 is 9.64 Å². The topological polar surface area (TPSA) is 54.5 Å². The highest BCUT2D eigenvalue weighted by Crippen LogP contribution is 2.39. The molecule has 3 heterocycles. The molecule has 2 aliphatic rings. The molecule has 1 aromatic heterocycles. The number of carbonyl (C=O) groups excluding carboxylic acids is 1. The molecule has 2 unspecified atom stereocenters. The van der Waals surface area contributed by atoms with E-state index in [-0.39, 0.29) is 17.5 Å². The van der Waals surface area contributed by atoms with E-state index >= 15 is 0 Å². The minimum absolute atomic E-state index is 0.132. The van der Waals surface area contributed by atoms with E-state index in [4.69, 9.17) is 4.74 Å². The van der Waals surface area contributed by atoms with Gasteiger partial charge in [0.25, 0.3) is 0 Å². The van der Waals surface area contributed by atoms with E-state index in [2.05, 4.69) is 40.6 Å². The van der Waals surface area contributed by atoms with Crippen molar-refractivity contribution in [3.8, 4) is 11.1 Å². The van der Waals surface area contributed by atoms with Gasteiger partial charge in [-0.3, -0.25) is 15.1 Å². The Labute approximate surface area is 154 Å². The predicted molar refractivity (Wildman–Crippen MR) is 100 cm³/mol. The fourth-order valence-electron chi connectivity index (χ4n) is 4.21. The van der Waals surface area contributed by atoms with Gasteiger partial charge in [-0.25, -0.2) is 0 Å². The van der Waals surface area contributed by atoms with Crippen molar-refractivity contribution in [2.45, 2.75) is 37.5 Å². The van der Waals surface area contributed by atoms with Crippen LogP contribution in [0.5, 0.6) is 0 Å². The number of amides is 1. The molecule has 0 bridgehead atoms. The number of nitrogens with one attached hydrogen (secondary N) is 1. The second-order valence-corrected chi connectivity index (χ2v) is 7.40. The Morgan fingerprint density at radius 3 is 2.88 bits per heavy atom. The van der Waals surface area contributed by atoms with Gasteiger partial charge in [-0.05, 0) is 54.2 Å². The van der Waals surface area contributed by atoms with Crippen LogP contribution in [0.25, 0.3) is 11.1 Å². The molecule has 136 valence electrons. The van der Waals surface area contributed by atoms with Gasteiger partial charge in [-0.1, -0.05) is 18.2 Å². The highest BCUT2D eigenvalue weighted by Gasteiger charge is 2.50. The summed E-state index contributed by atoms with van der Waals surface area (Å²) in [6.45, 7) is 1.44. The summed E-state index contributed by atoms with van der Waals surface area (Å²) in [4.78, 5) is 19.0. The van der Waals surface area contributed by atoms with Gasteiger partial charge in [-0.2, -0.15) is 0 Å². The van der Waals surface area contributed by atoms with Crippen molar-refractivity contribution in [1.82, 2.24) is 15.2 Å². The molecule has 2 aliphatic heterocycles.